The lowest BCUT2D eigenvalue weighted by atomic mass is 10.1. The Kier molecular flexibility index (Phi) is 4.88. The number of carbonyl (C=O) groups is 1. The highest BCUT2D eigenvalue weighted by molar-refractivity contribution is 6.02. The molecule has 1 aliphatic heterocycles. The van der Waals surface area contributed by atoms with Crippen molar-refractivity contribution in [3.63, 3.8) is 0 Å². The predicted molar refractivity (Wildman–Crippen MR) is 108 cm³/mol. The molecule has 1 saturated heterocycles. The number of nitrogens with zero attached hydrogens (tertiary/aromatic N) is 2. The third-order valence-corrected chi connectivity index (χ3v) is 5.02. The highest BCUT2D eigenvalue weighted by Gasteiger charge is 2.10. The van der Waals surface area contributed by atoms with Crippen LogP contribution in [-0.4, -0.2) is 24.0 Å². The van der Waals surface area contributed by atoms with Crippen molar-refractivity contribution < 1.29 is 9.90 Å². The Balaban J connectivity index is 1.58. The van der Waals surface area contributed by atoms with Gasteiger partial charge in [-0.3, -0.25) is 0 Å². The highest BCUT2D eigenvalue weighted by Crippen LogP contribution is 2.22. The summed E-state index contributed by atoms with van der Waals surface area (Å²) in [5.41, 5.74) is 3.74. The minimum atomic E-state index is -1.19. The quantitative estimate of drug-likeness (QED) is 0.713. The Labute approximate surface area is 158 Å². The van der Waals surface area contributed by atoms with E-state index < -0.39 is 5.97 Å². The Hall–Kier alpha value is -3.14. The number of para-hydroxylation sites is 1. The van der Waals surface area contributed by atoms with Gasteiger partial charge in [0.15, 0.2) is 0 Å². The fraction of sp³-hybridized carbons (Fsp3) is 0.217. The first-order chi connectivity index (χ1) is 13.2. The zero-order chi connectivity index (χ0) is 18.6. The molecule has 2 aromatic carbocycles. The standard InChI is InChI=1S/C23H22N2O2/c26-23(27)21-16-18(24-22-7-3-2-6-20(21)22)11-8-17-9-12-19(13-10-17)25-14-4-1-5-15-25/h2-3,6-13,16H,1,4-5,14-15H2,(H,26,27)/p-1/b11-8+. The number of benzene rings is 2. The van der Waals surface area contributed by atoms with Gasteiger partial charge in [0.05, 0.1) is 17.2 Å². The van der Waals surface area contributed by atoms with Crippen LogP contribution in [0.25, 0.3) is 23.1 Å². The molecule has 4 nitrogen and oxygen atoms in total. The van der Waals surface area contributed by atoms with Gasteiger partial charge >= 0.3 is 0 Å². The molecular weight excluding hydrogens is 336 g/mol. The van der Waals surface area contributed by atoms with Gasteiger partial charge in [-0.2, -0.15) is 0 Å². The first-order valence-corrected chi connectivity index (χ1v) is 9.35. The summed E-state index contributed by atoms with van der Waals surface area (Å²) in [5.74, 6) is -1.19. The lowest BCUT2D eigenvalue weighted by molar-refractivity contribution is -0.254. The number of piperidine rings is 1. The van der Waals surface area contributed by atoms with E-state index in [1.165, 1.54) is 24.9 Å². The molecule has 0 radical (unpaired) electrons. The Bertz CT molecular complexity index is 987. The van der Waals surface area contributed by atoms with Crippen molar-refractivity contribution in [2.24, 2.45) is 0 Å². The van der Waals surface area contributed by atoms with Crippen LogP contribution in [0.2, 0.25) is 0 Å². The number of hydrogen-bond donors (Lipinski definition) is 0. The second kappa shape index (κ2) is 7.62. The van der Waals surface area contributed by atoms with E-state index in [-0.39, 0.29) is 5.56 Å². The number of aromatic carboxylic acids is 1. The van der Waals surface area contributed by atoms with E-state index >= 15 is 0 Å². The third-order valence-electron chi connectivity index (χ3n) is 5.02. The van der Waals surface area contributed by atoms with Crippen molar-refractivity contribution in [1.82, 2.24) is 4.98 Å². The topological polar surface area (TPSA) is 56.3 Å². The molecule has 0 spiro atoms. The average molecular weight is 357 g/mol. The van der Waals surface area contributed by atoms with Crippen LogP contribution >= 0.6 is 0 Å². The number of pyridine rings is 1. The zero-order valence-corrected chi connectivity index (χ0v) is 15.1. The molecule has 1 fully saturated rings. The van der Waals surface area contributed by atoms with E-state index in [9.17, 15) is 9.90 Å². The van der Waals surface area contributed by atoms with Crippen LogP contribution in [0.1, 0.15) is 40.9 Å². The predicted octanol–water partition coefficient (Wildman–Crippen LogP) is 3.76. The summed E-state index contributed by atoms with van der Waals surface area (Å²) in [5, 5.41) is 12.1. The van der Waals surface area contributed by atoms with E-state index in [1.54, 1.807) is 18.2 Å². The van der Waals surface area contributed by atoms with Gasteiger partial charge in [0.2, 0.25) is 0 Å². The largest absolute Gasteiger partial charge is 0.545 e. The average Bonchev–Trinajstić information content (AvgIpc) is 2.72. The second-order valence-electron chi connectivity index (χ2n) is 6.87. The summed E-state index contributed by atoms with van der Waals surface area (Å²) in [6.45, 7) is 2.25. The lowest BCUT2D eigenvalue weighted by Gasteiger charge is -2.28. The summed E-state index contributed by atoms with van der Waals surface area (Å²) in [7, 11) is 0. The summed E-state index contributed by atoms with van der Waals surface area (Å²) in [6, 6.07) is 17.2. The second-order valence-corrected chi connectivity index (χ2v) is 6.87. The molecule has 0 atom stereocenters. The molecule has 4 rings (SSSR count). The van der Waals surface area contributed by atoms with Gasteiger partial charge in [-0.15, -0.1) is 0 Å². The molecule has 27 heavy (non-hydrogen) atoms. The summed E-state index contributed by atoms with van der Waals surface area (Å²) in [4.78, 5) is 18.4. The molecule has 0 amide bonds. The van der Waals surface area contributed by atoms with Gasteiger partial charge in [-0.05, 0) is 55.2 Å². The van der Waals surface area contributed by atoms with Crippen molar-refractivity contribution in [2.45, 2.75) is 19.3 Å². The molecule has 1 aromatic heterocycles. The molecule has 0 aliphatic carbocycles. The van der Waals surface area contributed by atoms with Crippen molar-refractivity contribution in [3.8, 4) is 0 Å². The van der Waals surface area contributed by atoms with Gasteiger partial charge in [-0.1, -0.05) is 36.4 Å². The molecule has 136 valence electrons. The van der Waals surface area contributed by atoms with Crippen LogP contribution in [-0.2, 0) is 0 Å². The number of anilines is 1. The normalized spacial score (nSPS) is 14.7. The molecule has 0 N–H and O–H groups in total. The van der Waals surface area contributed by atoms with E-state index in [1.807, 2.05) is 24.3 Å². The molecule has 1 aliphatic rings. The van der Waals surface area contributed by atoms with Crippen molar-refractivity contribution in [1.29, 1.82) is 0 Å². The minimum absolute atomic E-state index is 0.167. The molecule has 4 heteroatoms. The van der Waals surface area contributed by atoms with Gasteiger partial charge in [0, 0.05) is 29.7 Å². The molecule has 0 saturated carbocycles. The Morgan fingerprint density at radius 2 is 1.70 bits per heavy atom. The van der Waals surface area contributed by atoms with Crippen LogP contribution in [0.3, 0.4) is 0 Å². The van der Waals surface area contributed by atoms with E-state index in [2.05, 4.69) is 34.1 Å². The number of carboxylic acids is 1. The van der Waals surface area contributed by atoms with Crippen molar-refractivity contribution in [2.75, 3.05) is 18.0 Å². The molecule has 0 unspecified atom stereocenters. The number of aromatic nitrogens is 1. The third kappa shape index (κ3) is 3.85. The number of fused-ring (bicyclic) bond motifs is 1. The van der Waals surface area contributed by atoms with Crippen LogP contribution in [0.5, 0.6) is 0 Å². The van der Waals surface area contributed by atoms with Gasteiger partial charge in [0.1, 0.15) is 0 Å². The Morgan fingerprint density at radius 1 is 0.963 bits per heavy atom. The van der Waals surface area contributed by atoms with E-state index in [0.29, 0.717) is 16.6 Å². The zero-order valence-electron chi connectivity index (χ0n) is 15.1. The first-order valence-electron chi connectivity index (χ1n) is 9.35. The van der Waals surface area contributed by atoms with E-state index in [4.69, 9.17) is 0 Å². The minimum Gasteiger partial charge on any atom is -0.545 e. The van der Waals surface area contributed by atoms with Crippen LogP contribution < -0.4 is 10.0 Å². The fourth-order valence-electron chi connectivity index (χ4n) is 3.58. The number of hydrogen-bond acceptors (Lipinski definition) is 4. The number of carbonyl (C=O) groups excluding carboxylic acids is 1. The molecule has 0 bridgehead atoms. The molecule has 2 heterocycles. The highest BCUT2D eigenvalue weighted by atomic mass is 16.4. The monoisotopic (exact) mass is 357 g/mol. The van der Waals surface area contributed by atoms with Crippen molar-refractivity contribution in [3.05, 3.63) is 71.4 Å². The molecular formula is C23H21N2O2-. The SMILES string of the molecule is O=C([O-])c1cc(/C=C/c2ccc(N3CCCCC3)cc2)nc2ccccc12. The maximum Gasteiger partial charge on any atom is 0.0722 e. The fourth-order valence-corrected chi connectivity index (χ4v) is 3.58. The maximum atomic E-state index is 11.5. The summed E-state index contributed by atoms with van der Waals surface area (Å²) in [6.07, 6.45) is 7.64. The van der Waals surface area contributed by atoms with Gasteiger partial charge < -0.3 is 14.8 Å². The smallest absolute Gasteiger partial charge is 0.0722 e. The maximum absolute atomic E-state index is 11.5. The van der Waals surface area contributed by atoms with E-state index in [0.717, 1.165) is 18.7 Å². The lowest BCUT2D eigenvalue weighted by Crippen LogP contribution is -2.29. The van der Waals surface area contributed by atoms with Crippen molar-refractivity contribution >= 4 is 34.7 Å². The number of carboxylic acid groups (broad SMARTS) is 1. The summed E-state index contributed by atoms with van der Waals surface area (Å²) < 4.78 is 0. The summed E-state index contributed by atoms with van der Waals surface area (Å²) >= 11 is 0. The Morgan fingerprint density at radius 3 is 2.44 bits per heavy atom. The van der Waals surface area contributed by atoms with Crippen LogP contribution in [0.15, 0.2) is 54.6 Å². The van der Waals surface area contributed by atoms with Crippen LogP contribution in [0, 0.1) is 0 Å². The van der Waals surface area contributed by atoms with Gasteiger partial charge in [0.25, 0.3) is 0 Å². The number of rotatable bonds is 4. The van der Waals surface area contributed by atoms with Crippen LogP contribution in [0.4, 0.5) is 5.69 Å². The molecule has 3 aromatic rings. The van der Waals surface area contributed by atoms with Gasteiger partial charge in [-0.25, -0.2) is 4.98 Å². The first kappa shape index (κ1) is 17.3.